The largest absolute Gasteiger partial charge is 0.310 e. The molecule has 1 aliphatic heterocycles. The van der Waals surface area contributed by atoms with Crippen molar-refractivity contribution in [3.8, 4) is 6.07 Å². The van der Waals surface area contributed by atoms with Crippen LogP contribution in [0.3, 0.4) is 0 Å². The Morgan fingerprint density at radius 2 is 2.30 bits per heavy atom. The third-order valence-corrected chi connectivity index (χ3v) is 2.28. The van der Waals surface area contributed by atoms with Gasteiger partial charge in [0.25, 0.3) is 0 Å². The Labute approximate surface area is 62.2 Å². The van der Waals surface area contributed by atoms with E-state index in [9.17, 15) is 0 Å². The summed E-state index contributed by atoms with van der Waals surface area (Å²) in [5, 5.41) is 12.1. The second kappa shape index (κ2) is 2.59. The van der Waals surface area contributed by atoms with Crippen LogP contribution in [0.4, 0.5) is 0 Å². The third kappa shape index (κ3) is 1.30. The van der Waals surface area contributed by atoms with Crippen LogP contribution in [0.1, 0.15) is 26.7 Å². The lowest BCUT2D eigenvalue weighted by Crippen LogP contribution is -2.49. The van der Waals surface area contributed by atoms with Gasteiger partial charge in [-0.1, -0.05) is 0 Å². The van der Waals surface area contributed by atoms with E-state index >= 15 is 0 Å². The third-order valence-electron chi connectivity index (χ3n) is 2.28. The van der Waals surface area contributed by atoms with Crippen molar-refractivity contribution in [2.24, 2.45) is 5.92 Å². The van der Waals surface area contributed by atoms with Crippen LogP contribution >= 0.6 is 0 Å². The number of hydrogen-bond acceptors (Lipinski definition) is 2. The zero-order valence-electron chi connectivity index (χ0n) is 6.65. The van der Waals surface area contributed by atoms with Gasteiger partial charge in [0.1, 0.15) is 0 Å². The van der Waals surface area contributed by atoms with Crippen LogP contribution in [0.25, 0.3) is 0 Å². The first-order valence-electron chi connectivity index (χ1n) is 3.81. The van der Waals surface area contributed by atoms with Gasteiger partial charge in [-0.25, -0.2) is 0 Å². The van der Waals surface area contributed by atoms with Crippen molar-refractivity contribution in [2.75, 3.05) is 6.54 Å². The predicted octanol–water partition coefficient (Wildman–Crippen LogP) is 1.29. The molecule has 2 nitrogen and oxygen atoms in total. The minimum Gasteiger partial charge on any atom is -0.310 e. The van der Waals surface area contributed by atoms with Crippen LogP contribution in [-0.2, 0) is 0 Å². The molecule has 0 spiro atoms. The summed E-state index contributed by atoms with van der Waals surface area (Å²) in [5.74, 6) is 0.196. The summed E-state index contributed by atoms with van der Waals surface area (Å²) >= 11 is 0. The van der Waals surface area contributed by atoms with Gasteiger partial charge in [-0.3, -0.25) is 0 Å². The van der Waals surface area contributed by atoms with Gasteiger partial charge in [-0.05, 0) is 33.2 Å². The summed E-state index contributed by atoms with van der Waals surface area (Å²) in [5.41, 5.74) is 0.0347. The Bertz CT molecular complexity index is 155. The molecular weight excluding hydrogens is 124 g/mol. The number of hydrogen-bond donors (Lipinski definition) is 1. The van der Waals surface area contributed by atoms with E-state index in [4.69, 9.17) is 5.26 Å². The van der Waals surface area contributed by atoms with Crippen molar-refractivity contribution in [1.29, 1.82) is 5.26 Å². The topological polar surface area (TPSA) is 35.8 Å². The highest BCUT2D eigenvalue weighted by molar-refractivity contribution is 5.00. The molecule has 10 heavy (non-hydrogen) atoms. The highest BCUT2D eigenvalue weighted by atomic mass is 15.0. The Morgan fingerprint density at radius 1 is 1.60 bits per heavy atom. The van der Waals surface area contributed by atoms with Gasteiger partial charge >= 0.3 is 0 Å². The fourth-order valence-electron chi connectivity index (χ4n) is 1.43. The van der Waals surface area contributed by atoms with Gasteiger partial charge in [0.05, 0.1) is 12.0 Å². The quantitative estimate of drug-likeness (QED) is 0.547. The predicted molar refractivity (Wildman–Crippen MR) is 40.4 cm³/mol. The maximum atomic E-state index is 8.74. The lowest BCUT2D eigenvalue weighted by molar-refractivity contribution is 0.243. The molecule has 1 aliphatic rings. The second-order valence-corrected chi connectivity index (χ2v) is 3.47. The summed E-state index contributed by atoms with van der Waals surface area (Å²) in [6.45, 7) is 5.26. The smallest absolute Gasteiger partial charge is 0.0675 e. The molecule has 0 aromatic carbocycles. The highest BCUT2D eigenvalue weighted by Gasteiger charge is 2.31. The molecule has 2 heteroatoms. The standard InChI is InChI=1S/C8H14N2/c1-8(2)7(6-9)4-3-5-10-8/h7,10H,3-5H2,1-2H3/t7-/m1/s1. The summed E-state index contributed by atoms with van der Waals surface area (Å²) in [6.07, 6.45) is 2.19. The number of nitrogens with zero attached hydrogens (tertiary/aromatic N) is 1. The van der Waals surface area contributed by atoms with Gasteiger partial charge in [-0.15, -0.1) is 0 Å². The molecule has 0 unspecified atom stereocenters. The van der Waals surface area contributed by atoms with Crippen LogP contribution in [0, 0.1) is 17.2 Å². The molecule has 0 saturated carbocycles. The van der Waals surface area contributed by atoms with Gasteiger partial charge in [-0.2, -0.15) is 5.26 Å². The molecule has 0 amide bonds. The first-order valence-corrected chi connectivity index (χ1v) is 3.81. The van der Waals surface area contributed by atoms with Crippen LogP contribution in [0.5, 0.6) is 0 Å². The summed E-state index contributed by atoms with van der Waals surface area (Å²) in [7, 11) is 0. The molecule has 0 aromatic heterocycles. The van der Waals surface area contributed by atoms with Crippen molar-refractivity contribution in [1.82, 2.24) is 5.32 Å². The maximum Gasteiger partial charge on any atom is 0.0675 e. The van der Waals surface area contributed by atoms with E-state index in [-0.39, 0.29) is 11.5 Å². The van der Waals surface area contributed by atoms with Gasteiger partial charge < -0.3 is 5.32 Å². The second-order valence-electron chi connectivity index (χ2n) is 3.47. The molecule has 0 radical (unpaired) electrons. The lowest BCUT2D eigenvalue weighted by atomic mass is 9.82. The molecule has 0 bridgehead atoms. The summed E-state index contributed by atoms with van der Waals surface area (Å²) in [6, 6.07) is 2.33. The normalized spacial score (nSPS) is 31.1. The molecule has 56 valence electrons. The summed E-state index contributed by atoms with van der Waals surface area (Å²) in [4.78, 5) is 0. The molecule has 1 saturated heterocycles. The number of nitriles is 1. The SMILES string of the molecule is CC1(C)NCCC[C@@H]1C#N. The molecule has 0 aliphatic carbocycles. The fraction of sp³-hybridized carbons (Fsp3) is 0.875. The van der Waals surface area contributed by atoms with Crippen molar-refractivity contribution >= 4 is 0 Å². The van der Waals surface area contributed by atoms with Crippen molar-refractivity contribution in [2.45, 2.75) is 32.2 Å². The van der Waals surface area contributed by atoms with Crippen molar-refractivity contribution < 1.29 is 0 Å². The van der Waals surface area contributed by atoms with E-state index < -0.39 is 0 Å². The minimum atomic E-state index is 0.0347. The maximum absolute atomic E-state index is 8.74. The zero-order valence-corrected chi connectivity index (χ0v) is 6.65. The number of piperidine rings is 1. The van der Waals surface area contributed by atoms with E-state index in [2.05, 4.69) is 25.2 Å². The van der Waals surface area contributed by atoms with Crippen LogP contribution < -0.4 is 5.32 Å². The molecule has 1 atom stereocenters. The average molecular weight is 138 g/mol. The van der Waals surface area contributed by atoms with Gasteiger partial charge in [0.15, 0.2) is 0 Å². The molecule has 1 rings (SSSR count). The van der Waals surface area contributed by atoms with Crippen LogP contribution in [0.15, 0.2) is 0 Å². The molecule has 0 aromatic rings. The van der Waals surface area contributed by atoms with Crippen molar-refractivity contribution in [3.63, 3.8) is 0 Å². The van der Waals surface area contributed by atoms with Crippen LogP contribution in [-0.4, -0.2) is 12.1 Å². The first kappa shape index (κ1) is 7.56. The summed E-state index contributed by atoms with van der Waals surface area (Å²) < 4.78 is 0. The Morgan fingerprint density at radius 3 is 2.70 bits per heavy atom. The molecular formula is C8H14N2. The number of nitrogens with one attached hydrogen (secondary N) is 1. The molecule has 1 N–H and O–H groups in total. The molecule has 1 fully saturated rings. The number of rotatable bonds is 0. The monoisotopic (exact) mass is 138 g/mol. The van der Waals surface area contributed by atoms with Gasteiger partial charge in [0.2, 0.25) is 0 Å². The zero-order chi connectivity index (χ0) is 7.61. The van der Waals surface area contributed by atoms with E-state index in [1.54, 1.807) is 0 Å². The Hall–Kier alpha value is -0.550. The van der Waals surface area contributed by atoms with E-state index in [1.165, 1.54) is 0 Å². The fourth-order valence-corrected chi connectivity index (χ4v) is 1.43. The van der Waals surface area contributed by atoms with E-state index in [0.29, 0.717) is 0 Å². The Kier molecular flexibility index (Phi) is 1.96. The highest BCUT2D eigenvalue weighted by Crippen LogP contribution is 2.24. The Balaban J connectivity index is 2.62. The van der Waals surface area contributed by atoms with E-state index in [1.807, 2.05) is 0 Å². The molecule has 1 heterocycles. The van der Waals surface area contributed by atoms with Gasteiger partial charge in [0, 0.05) is 5.54 Å². The average Bonchev–Trinajstić information content (AvgIpc) is 1.87. The van der Waals surface area contributed by atoms with E-state index in [0.717, 1.165) is 19.4 Å². The van der Waals surface area contributed by atoms with Crippen LogP contribution in [0.2, 0.25) is 0 Å². The van der Waals surface area contributed by atoms with Crippen molar-refractivity contribution in [3.05, 3.63) is 0 Å². The minimum absolute atomic E-state index is 0.0347. The lowest BCUT2D eigenvalue weighted by Gasteiger charge is -2.35. The first-order chi connectivity index (χ1) is 4.67.